The van der Waals surface area contributed by atoms with Crippen molar-refractivity contribution in [1.82, 2.24) is 20.1 Å². The Morgan fingerprint density at radius 3 is 2.42 bits per heavy atom. The maximum atomic E-state index is 13.4. The van der Waals surface area contributed by atoms with Gasteiger partial charge in [-0.05, 0) is 49.2 Å². The number of carbonyl (C=O) groups excluding carboxylic acids is 2. The number of para-hydroxylation sites is 1. The van der Waals surface area contributed by atoms with Crippen LogP contribution >= 0.6 is 11.8 Å². The summed E-state index contributed by atoms with van der Waals surface area (Å²) in [5, 5.41) is 12.0. The van der Waals surface area contributed by atoms with Crippen LogP contribution in [0.5, 0.6) is 0 Å². The van der Waals surface area contributed by atoms with Crippen molar-refractivity contribution < 1.29 is 18.7 Å². The van der Waals surface area contributed by atoms with E-state index in [1.54, 1.807) is 12.1 Å². The lowest BCUT2D eigenvalue weighted by Gasteiger charge is -2.35. The van der Waals surface area contributed by atoms with Gasteiger partial charge in [0.25, 0.3) is 0 Å². The number of ether oxygens (including phenoxy) is 1. The molecule has 7 nitrogen and oxygen atoms in total. The predicted molar refractivity (Wildman–Crippen MR) is 123 cm³/mol. The molecule has 1 amide bonds. The molecule has 3 aromatic rings. The maximum Gasteiger partial charge on any atom is 0.331 e. The third-order valence-electron chi connectivity index (χ3n) is 5.74. The number of hydrogen-bond donors (Lipinski definition) is 1. The molecule has 0 unspecified atom stereocenters. The van der Waals surface area contributed by atoms with E-state index in [9.17, 15) is 14.0 Å². The molecule has 0 bridgehead atoms. The fraction of sp³-hybridized carbons (Fsp3) is 0.333. The Morgan fingerprint density at radius 2 is 1.76 bits per heavy atom. The van der Waals surface area contributed by atoms with E-state index in [-0.39, 0.29) is 17.5 Å². The molecule has 9 heteroatoms. The number of esters is 1. The summed E-state index contributed by atoms with van der Waals surface area (Å²) in [6.07, 6.45) is 3.92. The third kappa shape index (κ3) is 5.08. The summed E-state index contributed by atoms with van der Waals surface area (Å²) in [4.78, 5) is 25.3. The second-order valence-electron chi connectivity index (χ2n) is 7.96. The zero-order valence-electron chi connectivity index (χ0n) is 18.3. The summed E-state index contributed by atoms with van der Waals surface area (Å²) in [6.45, 7) is 0. The second-order valence-corrected chi connectivity index (χ2v) is 8.90. The monoisotopic (exact) mass is 468 g/mol. The number of halogens is 1. The molecule has 4 rings (SSSR count). The van der Waals surface area contributed by atoms with Gasteiger partial charge in [-0.15, -0.1) is 10.2 Å². The van der Waals surface area contributed by atoms with E-state index in [0.717, 1.165) is 24.9 Å². The van der Waals surface area contributed by atoms with Crippen molar-refractivity contribution in [2.24, 2.45) is 0 Å². The Hall–Kier alpha value is -3.20. The topological polar surface area (TPSA) is 86.1 Å². The van der Waals surface area contributed by atoms with Crippen molar-refractivity contribution in [3.63, 3.8) is 0 Å². The molecular weight excluding hydrogens is 443 g/mol. The van der Waals surface area contributed by atoms with E-state index in [4.69, 9.17) is 4.74 Å². The van der Waals surface area contributed by atoms with Gasteiger partial charge >= 0.3 is 5.97 Å². The number of rotatable bonds is 7. The molecule has 0 radical (unpaired) electrons. The number of nitrogens with one attached hydrogen (secondary N) is 1. The number of methoxy groups -OCH3 is 1. The Kier molecular flexibility index (Phi) is 7.08. The molecule has 1 aliphatic carbocycles. The highest BCUT2D eigenvalue weighted by Gasteiger charge is 2.41. The van der Waals surface area contributed by atoms with E-state index in [0.29, 0.717) is 29.4 Å². The van der Waals surface area contributed by atoms with Crippen molar-refractivity contribution in [1.29, 1.82) is 0 Å². The van der Waals surface area contributed by atoms with Crippen molar-refractivity contribution >= 4 is 23.6 Å². The fourth-order valence-corrected chi connectivity index (χ4v) is 4.87. The number of amides is 1. The Bertz CT molecular complexity index is 1110. The van der Waals surface area contributed by atoms with Crippen molar-refractivity contribution in [3.05, 3.63) is 60.4 Å². The van der Waals surface area contributed by atoms with Crippen molar-refractivity contribution in [3.8, 4) is 17.1 Å². The second kappa shape index (κ2) is 10.2. The molecule has 1 aromatic heterocycles. The highest BCUT2D eigenvalue weighted by atomic mass is 32.2. The third-order valence-corrected chi connectivity index (χ3v) is 6.67. The van der Waals surface area contributed by atoms with Crippen LogP contribution in [0, 0.1) is 5.82 Å². The molecule has 1 saturated carbocycles. The van der Waals surface area contributed by atoms with Gasteiger partial charge < -0.3 is 10.1 Å². The highest BCUT2D eigenvalue weighted by molar-refractivity contribution is 7.99. The van der Waals surface area contributed by atoms with E-state index < -0.39 is 11.5 Å². The van der Waals surface area contributed by atoms with E-state index in [2.05, 4.69) is 15.5 Å². The van der Waals surface area contributed by atoms with Gasteiger partial charge in [-0.2, -0.15) is 0 Å². The first-order valence-corrected chi connectivity index (χ1v) is 11.8. The normalized spacial score (nSPS) is 15.1. The molecule has 172 valence electrons. The summed E-state index contributed by atoms with van der Waals surface area (Å²) >= 11 is 1.23. The average molecular weight is 469 g/mol. The molecule has 0 aliphatic heterocycles. The van der Waals surface area contributed by atoms with Crippen LogP contribution in [0.4, 0.5) is 4.39 Å². The van der Waals surface area contributed by atoms with Crippen LogP contribution in [-0.2, 0) is 14.3 Å². The minimum Gasteiger partial charge on any atom is -0.467 e. The van der Waals surface area contributed by atoms with Crippen LogP contribution in [0.3, 0.4) is 0 Å². The molecule has 0 spiro atoms. The molecule has 2 aromatic carbocycles. The zero-order chi connectivity index (χ0) is 23.3. The zero-order valence-corrected chi connectivity index (χ0v) is 19.1. The number of nitrogens with zero attached hydrogens (tertiary/aromatic N) is 3. The van der Waals surface area contributed by atoms with Gasteiger partial charge in [-0.1, -0.05) is 49.2 Å². The van der Waals surface area contributed by atoms with Gasteiger partial charge in [0.2, 0.25) is 5.91 Å². The summed E-state index contributed by atoms with van der Waals surface area (Å²) in [5.74, 6) is -0.391. The SMILES string of the molecule is COC(=O)C1(NC(=O)CSc2nnc(-c3ccc(F)cc3)n2-c2ccccc2)CCCCC1. The lowest BCUT2D eigenvalue weighted by molar-refractivity contribution is -0.152. The lowest BCUT2D eigenvalue weighted by atomic mass is 9.81. The highest BCUT2D eigenvalue weighted by Crippen LogP contribution is 2.31. The van der Waals surface area contributed by atoms with Crippen LogP contribution in [0.15, 0.2) is 59.8 Å². The Balaban J connectivity index is 1.56. The maximum absolute atomic E-state index is 13.4. The van der Waals surface area contributed by atoms with Crippen molar-refractivity contribution in [2.45, 2.75) is 42.8 Å². The summed E-state index contributed by atoms with van der Waals surface area (Å²) < 4.78 is 20.2. The van der Waals surface area contributed by atoms with Crippen LogP contribution in [0.25, 0.3) is 17.1 Å². The van der Waals surface area contributed by atoms with Crippen LogP contribution in [0.1, 0.15) is 32.1 Å². The van der Waals surface area contributed by atoms with Gasteiger partial charge in [0.1, 0.15) is 11.4 Å². The average Bonchev–Trinajstić information content (AvgIpc) is 3.27. The fourth-order valence-electron chi connectivity index (χ4n) is 4.12. The first-order chi connectivity index (χ1) is 16.0. The molecule has 1 N–H and O–H groups in total. The molecule has 0 atom stereocenters. The minimum absolute atomic E-state index is 0.0626. The van der Waals surface area contributed by atoms with Gasteiger partial charge in [-0.25, -0.2) is 9.18 Å². The predicted octanol–water partition coefficient (Wildman–Crippen LogP) is 4.16. The van der Waals surface area contributed by atoms with Gasteiger partial charge in [0.15, 0.2) is 11.0 Å². The molecule has 33 heavy (non-hydrogen) atoms. The number of hydrogen-bond acceptors (Lipinski definition) is 6. The first kappa shape index (κ1) is 23.0. The van der Waals surface area contributed by atoms with Crippen molar-refractivity contribution in [2.75, 3.05) is 12.9 Å². The number of benzene rings is 2. The van der Waals surface area contributed by atoms with Gasteiger partial charge in [-0.3, -0.25) is 9.36 Å². The quantitative estimate of drug-likeness (QED) is 0.414. The van der Waals surface area contributed by atoms with Crippen LogP contribution in [0.2, 0.25) is 0 Å². The Morgan fingerprint density at radius 1 is 1.06 bits per heavy atom. The molecule has 1 fully saturated rings. The lowest BCUT2D eigenvalue weighted by Crippen LogP contribution is -2.56. The molecular formula is C24H25FN4O3S. The van der Waals surface area contributed by atoms with Gasteiger partial charge in [0, 0.05) is 11.3 Å². The minimum atomic E-state index is -0.961. The summed E-state index contributed by atoms with van der Waals surface area (Å²) in [6, 6.07) is 15.5. The van der Waals surface area contributed by atoms with Crippen LogP contribution in [-0.4, -0.2) is 45.0 Å². The largest absolute Gasteiger partial charge is 0.467 e. The number of aromatic nitrogens is 3. The molecule has 0 saturated heterocycles. The smallest absolute Gasteiger partial charge is 0.331 e. The van der Waals surface area contributed by atoms with E-state index in [1.807, 2.05) is 34.9 Å². The van der Waals surface area contributed by atoms with E-state index in [1.165, 1.54) is 31.0 Å². The molecule has 1 heterocycles. The summed E-state index contributed by atoms with van der Waals surface area (Å²) in [5.41, 5.74) is 0.566. The number of carbonyl (C=O) groups is 2. The first-order valence-electron chi connectivity index (χ1n) is 10.8. The number of thioether (sulfide) groups is 1. The van der Waals surface area contributed by atoms with E-state index >= 15 is 0 Å². The van der Waals surface area contributed by atoms with Gasteiger partial charge in [0.05, 0.1) is 12.9 Å². The summed E-state index contributed by atoms with van der Waals surface area (Å²) in [7, 11) is 1.35. The Labute approximate surface area is 195 Å². The standard InChI is InChI=1S/C24H25FN4O3S/c1-32-22(31)24(14-6-3-7-15-24)26-20(30)16-33-23-28-27-21(17-10-12-18(25)13-11-17)29(23)19-8-4-2-5-9-19/h2,4-5,8-13H,3,6-7,14-16H2,1H3,(H,26,30). The molecule has 1 aliphatic rings. The van der Waals surface area contributed by atoms with Crippen LogP contribution < -0.4 is 5.32 Å².